The molecule has 0 aromatic carbocycles. The Bertz CT molecular complexity index is 94.9. The van der Waals surface area contributed by atoms with Crippen LogP contribution in [0.1, 0.15) is 39.5 Å². The zero-order chi connectivity index (χ0) is 7.82. The summed E-state index contributed by atoms with van der Waals surface area (Å²) >= 11 is 0. The fourth-order valence-corrected chi connectivity index (χ4v) is 1.04. The smallest absolute Gasteiger partial charge is 0.00742 e. The van der Waals surface area contributed by atoms with Crippen LogP contribution in [0.3, 0.4) is 0 Å². The molecule has 0 amide bonds. The van der Waals surface area contributed by atoms with Crippen molar-refractivity contribution in [1.29, 1.82) is 0 Å². The van der Waals surface area contributed by atoms with Gasteiger partial charge in [0.15, 0.2) is 0 Å². The molecular formula is C9H19N. The van der Waals surface area contributed by atoms with Crippen LogP contribution in [0.2, 0.25) is 0 Å². The van der Waals surface area contributed by atoms with Crippen LogP contribution >= 0.6 is 0 Å². The number of hydrogen-bond acceptors (Lipinski definition) is 1. The zero-order valence-electron chi connectivity index (χ0n) is 7.19. The molecule has 0 saturated heterocycles. The highest BCUT2D eigenvalue weighted by Crippen LogP contribution is 2.08. The lowest BCUT2D eigenvalue weighted by molar-refractivity contribution is 0.792. The molecule has 10 heavy (non-hydrogen) atoms. The molecule has 0 spiro atoms. The largest absolute Gasteiger partial charge is 0.330 e. The number of nitrogens with two attached hydrogens (primary N) is 1. The quantitative estimate of drug-likeness (QED) is 0.585. The maximum atomic E-state index is 5.40. The molecule has 0 unspecified atom stereocenters. The molecule has 1 nitrogen and oxygen atoms in total. The van der Waals surface area contributed by atoms with E-state index < -0.39 is 0 Å². The minimum atomic E-state index is 0.820. The first kappa shape index (κ1) is 9.70. The van der Waals surface area contributed by atoms with Gasteiger partial charge in [-0.2, -0.15) is 0 Å². The van der Waals surface area contributed by atoms with E-state index in [1.807, 2.05) is 0 Å². The molecule has 0 bridgehead atoms. The van der Waals surface area contributed by atoms with Gasteiger partial charge in [-0.1, -0.05) is 25.5 Å². The van der Waals surface area contributed by atoms with Gasteiger partial charge in [-0.05, 0) is 32.2 Å². The predicted molar refractivity (Wildman–Crippen MR) is 47.0 cm³/mol. The predicted octanol–water partition coefficient (Wildman–Crippen LogP) is 2.47. The highest BCUT2D eigenvalue weighted by molar-refractivity contribution is 5.00. The van der Waals surface area contributed by atoms with Crippen molar-refractivity contribution >= 4 is 0 Å². The average Bonchev–Trinajstić information content (AvgIpc) is 1.98. The van der Waals surface area contributed by atoms with E-state index >= 15 is 0 Å². The van der Waals surface area contributed by atoms with Crippen LogP contribution in [0.4, 0.5) is 0 Å². The number of hydrogen-bond donors (Lipinski definition) is 1. The molecule has 0 aromatic rings. The molecule has 60 valence electrons. The Labute approximate surface area is 64.3 Å². The normalized spacial score (nSPS) is 12.1. The molecule has 0 atom stereocenters. The van der Waals surface area contributed by atoms with Crippen LogP contribution in [0.5, 0.6) is 0 Å². The lowest BCUT2D eigenvalue weighted by Gasteiger charge is -2.01. The van der Waals surface area contributed by atoms with Crippen LogP contribution < -0.4 is 5.73 Å². The van der Waals surface area contributed by atoms with Crippen molar-refractivity contribution in [3.63, 3.8) is 0 Å². The standard InChI is InChI=1S/C9H19N/c1-3-6-9(4-2)7-5-8-10/h6H,3-5,7-8,10H2,1-2H3/b9-6+. The Morgan fingerprint density at radius 3 is 2.50 bits per heavy atom. The summed E-state index contributed by atoms with van der Waals surface area (Å²) in [7, 11) is 0. The van der Waals surface area contributed by atoms with Gasteiger partial charge in [0.25, 0.3) is 0 Å². The maximum absolute atomic E-state index is 5.40. The van der Waals surface area contributed by atoms with E-state index in [0.717, 1.165) is 19.4 Å². The van der Waals surface area contributed by atoms with Gasteiger partial charge in [0.1, 0.15) is 0 Å². The van der Waals surface area contributed by atoms with E-state index in [1.54, 1.807) is 5.57 Å². The average molecular weight is 141 g/mol. The summed E-state index contributed by atoms with van der Waals surface area (Å²) in [5.74, 6) is 0. The SMILES string of the molecule is CC/C=C(\CC)CCCN. The molecule has 0 aliphatic heterocycles. The molecule has 1 heteroatoms. The summed E-state index contributed by atoms with van der Waals surface area (Å²) in [6.07, 6.45) is 7.00. The molecule has 0 rings (SSSR count). The van der Waals surface area contributed by atoms with Crippen LogP contribution in [0, 0.1) is 0 Å². The first-order valence-corrected chi connectivity index (χ1v) is 4.23. The van der Waals surface area contributed by atoms with Gasteiger partial charge in [0.2, 0.25) is 0 Å². The molecule has 0 heterocycles. The van der Waals surface area contributed by atoms with E-state index in [4.69, 9.17) is 5.73 Å². The van der Waals surface area contributed by atoms with Crippen molar-refractivity contribution in [1.82, 2.24) is 0 Å². The molecule has 0 aliphatic rings. The van der Waals surface area contributed by atoms with Crippen molar-refractivity contribution in [2.24, 2.45) is 5.73 Å². The third-order valence-corrected chi connectivity index (χ3v) is 1.65. The van der Waals surface area contributed by atoms with Crippen LogP contribution in [0.25, 0.3) is 0 Å². The van der Waals surface area contributed by atoms with Gasteiger partial charge in [0, 0.05) is 0 Å². The van der Waals surface area contributed by atoms with Crippen LogP contribution in [0.15, 0.2) is 11.6 Å². The summed E-state index contributed by atoms with van der Waals surface area (Å²) in [5.41, 5.74) is 6.96. The Hall–Kier alpha value is -0.300. The summed E-state index contributed by atoms with van der Waals surface area (Å²) in [5, 5.41) is 0. The Morgan fingerprint density at radius 2 is 2.10 bits per heavy atom. The van der Waals surface area contributed by atoms with Crippen molar-refractivity contribution in [3.8, 4) is 0 Å². The molecular weight excluding hydrogens is 122 g/mol. The van der Waals surface area contributed by atoms with Crippen molar-refractivity contribution in [3.05, 3.63) is 11.6 Å². The second-order valence-electron chi connectivity index (χ2n) is 2.52. The summed E-state index contributed by atoms with van der Waals surface area (Å²) in [6.45, 7) is 5.21. The van der Waals surface area contributed by atoms with E-state index in [2.05, 4.69) is 19.9 Å². The van der Waals surface area contributed by atoms with Gasteiger partial charge in [-0.15, -0.1) is 0 Å². The maximum Gasteiger partial charge on any atom is -0.00742 e. The van der Waals surface area contributed by atoms with E-state index in [0.29, 0.717) is 0 Å². The minimum absolute atomic E-state index is 0.820. The van der Waals surface area contributed by atoms with Crippen molar-refractivity contribution < 1.29 is 0 Å². The third kappa shape index (κ3) is 4.57. The second kappa shape index (κ2) is 6.81. The molecule has 0 aliphatic carbocycles. The minimum Gasteiger partial charge on any atom is -0.330 e. The van der Waals surface area contributed by atoms with E-state index in [-0.39, 0.29) is 0 Å². The Morgan fingerprint density at radius 1 is 1.40 bits per heavy atom. The van der Waals surface area contributed by atoms with Gasteiger partial charge >= 0.3 is 0 Å². The molecule has 0 fully saturated rings. The lowest BCUT2D eigenvalue weighted by atomic mass is 10.1. The zero-order valence-corrected chi connectivity index (χ0v) is 7.19. The van der Waals surface area contributed by atoms with Gasteiger partial charge in [0.05, 0.1) is 0 Å². The topological polar surface area (TPSA) is 26.0 Å². The lowest BCUT2D eigenvalue weighted by Crippen LogP contribution is -1.98. The monoisotopic (exact) mass is 141 g/mol. The van der Waals surface area contributed by atoms with Gasteiger partial charge in [-0.3, -0.25) is 0 Å². The fraction of sp³-hybridized carbons (Fsp3) is 0.778. The van der Waals surface area contributed by atoms with E-state index in [1.165, 1.54) is 12.8 Å². The van der Waals surface area contributed by atoms with Gasteiger partial charge in [-0.25, -0.2) is 0 Å². The Kier molecular flexibility index (Phi) is 6.61. The summed E-state index contributed by atoms with van der Waals surface area (Å²) in [4.78, 5) is 0. The molecule has 2 N–H and O–H groups in total. The summed E-state index contributed by atoms with van der Waals surface area (Å²) < 4.78 is 0. The summed E-state index contributed by atoms with van der Waals surface area (Å²) in [6, 6.07) is 0. The fourth-order valence-electron chi connectivity index (χ4n) is 1.04. The Balaban J connectivity index is 3.49. The third-order valence-electron chi connectivity index (χ3n) is 1.65. The number of rotatable bonds is 5. The van der Waals surface area contributed by atoms with Crippen molar-refractivity contribution in [2.45, 2.75) is 39.5 Å². The first-order chi connectivity index (χ1) is 4.85. The first-order valence-electron chi connectivity index (χ1n) is 4.23. The molecule has 0 aromatic heterocycles. The highest BCUT2D eigenvalue weighted by Gasteiger charge is 1.91. The molecule has 0 saturated carbocycles. The van der Waals surface area contributed by atoms with Gasteiger partial charge < -0.3 is 5.73 Å². The van der Waals surface area contributed by atoms with Crippen molar-refractivity contribution in [2.75, 3.05) is 6.54 Å². The van der Waals surface area contributed by atoms with Crippen LogP contribution in [-0.4, -0.2) is 6.54 Å². The second-order valence-corrected chi connectivity index (χ2v) is 2.52. The molecule has 0 radical (unpaired) electrons. The highest BCUT2D eigenvalue weighted by atomic mass is 14.5. The van der Waals surface area contributed by atoms with Crippen LogP contribution in [-0.2, 0) is 0 Å². The number of allylic oxidation sites excluding steroid dienone is 2. The van der Waals surface area contributed by atoms with E-state index in [9.17, 15) is 0 Å².